The van der Waals surface area contributed by atoms with Crippen LogP contribution < -0.4 is 11.1 Å². The second-order valence-corrected chi connectivity index (χ2v) is 6.20. The maximum absolute atomic E-state index is 12.0. The third-order valence-corrected chi connectivity index (χ3v) is 3.97. The lowest BCUT2D eigenvalue weighted by atomic mass is 10.2. The van der Waals surface area contributed by atoms with Crippen molar-refractivity contribution < 1.29 is 9.00 Å². The molecule has 1 aromatic rings. The molecule has 6 heteroatoms. The zero-order valence-electron chi connectivity index (χ0n) is 10.4. The fourth-order valence-corrected chi connectivity index (χ4v) is 2.71. The van der Waals surface area contributed by atoms with Gasteiger partial charge in [0.15, 0.2) is 0 Å². The van der Waals surface area contributed by atoms with Gasteiger partial charge in [0, 0.05) is 12.2 Å². The maximum Gasteiger partial charge on any atom is 0.233 e. The summed E-state index contributed by atoms with van der Waals surface area (Å²) in [7, 11) is -1.45. The fourth-order valence-electron chi connectivity index (χ4n) is 1.27. The van der Waals surface area contributed by atoms with E-state index in [1.54, 1.807) is 12.1 Å². The monoisotopic (exact) mass is 288 g/mol. The Kier molecular flexibility index (Phi) is 5.62. The zero-order valence-corrected chi connectivity index (χ0v) is 12.0. The van der Waals surface area contributed by atoms with Crippen LogP contribution in [-0.2, 0) is 15.6 Å². The summed E-state index contributed by atoms with van der Waals surface area (Å²) in [6, 6.07) is 4.73. The molecule has 4 nitrogen and oxygen atoms in total. The van der Waals surface area contributed by atoms with Crippen LogP contribution in [0.5, 0.6) is 0 Å². The van der Waals surface area contributed by atoms with Gasteiger partial charge < -0.3 is 11.1 Å². The molecular formula is C12H17ClN2O2S. The van der Waals surface area contributed by atoms with Gasteiger partial charge in [-0.3, -0.25) is 9.00 Å². The minimum absolute atomic E-state index is 0.0869. The van der Waals surface area contributed by atoms with Crippen LogP contribution >= 0.6 is 11.6 Å². The smallest absolute Gasteiger partial charge is 0.233 e. The molecule has 0 aliphatic carbocycles. The van der Waals surface area contributed by atoms with Crippen molar-refractivity contribution >= 4 is 34.0 Å². The van der Waals surface area contributed by atoms with Crippen molar-refractivity contribution in [3.63, 3.8) is 0 Å². The number of benzene rings is 1. The molecule has 0 aliphatic rings. The minimum Gasteiger partial charge on any atom is -0.399 e. The Morgan fingerprint density at radius 3 is 2.72 bits per heavy atom. The maximum atomic E-state index is 12.0. The van der Waals surface area contributed by atoms with Crippen molar-refractivity contribution in [2.75, 3.05) is 18.0 Å². The van der Waals surface area contributed by atoms with E-state index in [0.29, 0.717) is 28.1 Å². The summed E-state index contributed by atoms with van der Waals surface area (Å²) in [5.74, 6) is 0.0357. The number of carbonyl (C=O) groups is 1. The number of nitrogens with two attached hydrogens (primary N) is 1. The SMILES string of the molecule is CC(C)CNC(=O)CS(=O)c1ccc(N)cc1Cl. The lowest BCUT2D eigenvalue weighted by Gasteiger charge is -2.08. The van der Waals surface area contributed by atoms with E-state index in [9.17, 15) is 9.00 Å². The van der Waals surface area contributed by atoms with E-state index in [1.807, 2.05) is 13.8 Å². The van der Waals surface area contributed by atoms with Gasteiger partial charge in [-0.1, -0.05) is 25.4 Å². The first-order valence-corrected chi connectivity index (χ1v) is 7.30. The summed E-state index contributed by atoms with van der Waals surface area (Å²) in [4.78, 5) is 12.0. The van der Waals surface area contributed by atoms with Crippen LogP contribution in [0, 0.1) is 5.92 Å². The van der Waals surface area contributed by atoms with Crippen molar-refractivity contribution in [2.24, 2.45) is 5.92 Å². The average Bonchev–Trinajstić information content (AvgIpc) is 2.26. The van der Waals surface area contributed by atoms with E-state index in [0.717, 1.165) is 0 Å². The van der Waals surface area contributed by atoms with Crippen molar-refractivity contribution in [2.45, 2.75) is 18.7 Å². The topological polar surface area (TPSA) is 72.2 Å². The highest BCUT2D eigenvalue weighted by Gasteiger charge is 2.13. The highest BCUT2D eigenvalue weighted by molar-refractivity contribution is 7.85. The highest BCUT2D eigenvalue weighted by Crippen LogP contribution is 2.22. The molecule has 0 heterocycles. The molecule has 1 rings (SSSR count). The summed E-state index contributed by atoms with van der Waals surface area (Å²) in [6.45, 7) is 4.56. The van der Waals surface area contributed by atoms with Gasteiger partial charge in [0.2, 0.25) is 5.91 Å². The second-order valence-electron chi connectivity index (χ2n) is 4.38. The van der Waals surface area contributed by atoms with Gasteiger partial charge >= 0.3 is 0 Å². The third-order valence-electron chi connectivity index (χ3n) is 2.17. The first-order valence-electron chi connectivity index (χ1n) is 5.60. The van der Waals surface area contributed by atoms with Crippen LogP contribution in [0.15, 0.2) is 23.1 Å². The largest absolute Gasteiger partial charge is 0.399 e. The van der Waals surface area contributed by atoms with E-state index in [1.165, 1.54) is 6.07 Å². The van der Waals surface area contributed by atoms with E-state index in [4.69, 9.17) is 17.3 Å². The van der Waals surface area contributed by atoms with Crippen LogP contribution in [0.2, 0.25) is 5.02 Å². The highest BCUT2D eigenvalue weighted by atomic mass is 35.5. The van der Waals surface area contributed by atoms with E-state index < -0.39 is 10.8 Å². The Morgan fingerprint density at radius 2 is 2.17 bits per heavy atom. The molecule has 0 spiro atoms. The summed E-state index contributed by atoms with van der Waals surface area (Å²) in [6.07, 6.45) is 0. The standard InChI is InChI=1S/C12H17ClN2O2S/c1-8(2)6-15-12(16)7-18(17)11-4-3-9(14)5-10(11)13/h3-5,8H,6-7,14H2,1-2H3,(H,15,16). The Bertz CT molecular complexity index is 463. The number of halogens is 1. The number of anilines is 1. The zero-order chi connectivity index (χ0) is 13.7. The molecule has 0 aliphatic heterocycles. The number of rotatable bonds is 5. The van der Waals surface area contributed by atoms with Crippen LogP contribution in [0.3, 0.4) is 0 Å². The molecule has 0 radical (unpaired) electrons. The van der Waals surface area contributed by atoms with Gasteiger partial charge in [-0.15, -0.1) is 0 Å². The number of hydrogen-bond donors (Lipinski definition) is 2. The van der Waals surface area contributed by atoms with E-state index in [-0.39, 0.29) is 11.7 Å². The molecule has 0 aromatic heterocycles. The van der Waals surface area contributed by atoms with Crippen molar-refractivity contribution in [1.82, 2.24) is 5.32 Å². The predicted octanol–water partition coefficient (Wildman–Crippen LogP) is 1.80. The van der Waals surface area contributed by atoms with Crippen LogP contribution in [-0.4, -0.2) is 22.4 Å². The Hall–Kier alpha value is -1.07. The summed E-state index contributed by atoms with van der Waals surface area (Å²) in [5.41, 5.74) is 6.05. The minimum atomic E-state index is -1.45. The molecule has 1 unspecified atom stereocenters. The van der Waals surface area contributed by atoms with Gasteiger partial charge in [-0.05, 0) is 24.1 Å². The lowest BCUT2D eigenvalue weighted by molar-refractivity contribution is -0.118. The summed E-state index contributed by atoms with van der Waals surface area (Å²) >= 11 is 5.93. The first kappa shape index (κ1) is 15.0. The van der Waals surface area contributed by atoms with E-state index >= 15 is 0 Å². The first-order chi connectivity index (χ1) is 8.40. The molecule has 18 heavy (non-hydrogen) atoms. The number of nitrogen functional groups attached to an aromatic ring is 1. The Morgan fingerprint density at radius 1 is 1.50 bits per heavy atom. The number of amides is 1. The molecule has 0 bridgehead atoms. The normalized spacial score (nSPS) is 12.4. The molecule has 1 amide bonds. The molecule has 100 valence electrons. The number of nitrogens with one attached hydrogen (secondary N) is 1. The fraction of sp³-hybridized carbons (Fsp3) is 0.417. The molecule has 1 atom stereocenters. The van der Waals surface area contributed by atoms with Crippen molar-refractivity contribution in [1.29, 1.82) is 0 Å². The van der Waals surface area contributed by atoms with Crippen LogP contribution in [0.1, 0.15) is 13.8 Å². The Labute approximate surface area is 114 Å². The molecule has 1 aromatic carbocycles. The number of hydrogen-bond acceptors (Lipinski definition) is 3. The van der Waals surface area contributed by atoms with Gasteiger partial charge in [-0.2, -0.15) is 0 Å². The van der Waals surface area contributed by atoms with Crippen molar-refractivity contribution in [3.8, 4) is 0 Å². The number of carbonyl (C=O) groups excluding carboxylic acids is 1. The van der Waals surface area contributed by atoms with Crippen LogP contribution in [0.25, 0.3) is 0 Å². The molecule has 0 saturated heterocycles. The lowest BCUT2D eigenvalue weighted by Crippen LogP contribution is -2.31. The van der Waals surface area contributed by atoms with Gasteiger partial charge in [-0.25, -0.2) is 0 Å². The Balaban J connectivity index is 2.62. The third kappa shape index (κ3) is 4.66. The van der Waals surface area contributed by atoms with Gasteiger partial charge in [0.25, 0.3) is 0 Å². The summed E-state index contributed by atoms with van der Waals surface area (Å²) < 4.78 is 12.0. The molecule has 0 saturated carbocycles. The van der Waals surface area contributed by atoms with Gasteiger partial charge in [0.1, 0.15) is 5.75 Å². The van der Waals surface area contributed by atoms with E-state index in [2.05, 4.69) is 5.32 Å². The van der Waals surface area contributed by atoms with Crippen LogP contribution in [0.4, 0.5) is 5.69 Å². The van der Waals surface area contributed by atoms with Crippen molar-refractivity contribution in [3.05, 3.63) is 23.2 Å². The predicted molar refractivity (Wildman–Crippen MR) is 75.0 cm³/mol. The second kappa shape index (κ2) is 6.75. The molecule has 0 fully saturated rings. The summed E-state index contributed by atoms with van der Waals surface area (Å²) in [5, 5.41) is 3.04. The quantitative estimate of drug-likeness (QED) is 0.812. The average molecular weight is 289 g/mol. The van der Waals surface area contributed by atoms with Gasteiger partial charge in [0.05, 0.1) is 20.7 Å². The molecule has 3 N–H and O–H groups in total. The molecular weight excluding hydrogens is 272 g/mol.